The highest BCUT2D eigenvalue weighted by Gasteiger charge is 2.32. The molecule has 7 nitrogen and oxygen atoms in total. The number of hydrogen-bond acceptors (Lipinski definition) is 6. The fourth-order valence-electron chi connectivity index (χ4n) is 3.51. The van der Waals surface area contributed by atoms with Crippen LogP contribution in [-0.4, -0.2) is 40.6 Å². The summed E-state index contributed by atoms with van der Waals surface area (Å²) in [6.45, 7) is 6.58. The number of carbonyl (C=O) groups is 2. The van der Waals surface area contributed by atoms with Crippen LogP contribution in [0.1, 0.15) is 45.9 Å². The Morgan fingerprint density at radius 1 is 1.07 bits per heavy atom. The van der Waals surface area contributed by atoms with Crippen LogP contribution in [0.2, 0.25) is 0 Å². The SMILES string of the molecule is CC(C)(C)C(=O)C(=NOC(=O)N1CCCCC1)c1nc2ccc3ccccc3c2o1. The van der Waals surface area contributed by atoms with E-state index in [2.05, 4.69) is 10.1 Å². The first-order valence-electron chi connectivity index (χ1n) is 10.2. The van der Waals surface area contributed by atoms with Crippen LogP contribution in [0.4, 0.5) is 4.79 Å². The number of Topliss-reactive ketones (excluding diaryl/α,β-unsaturated/α-hetero) is 1. The zero-order valence-electron chi connectivity index (χ0n) is 17.5. The number of oxazole rings is 1. The first kappa shape index (κ1) is 20.1. The van der Waals surface area contributed by atoms with Crippen LogP contribution < -0.4 is 0 Å². The molecule has 1 aliphatic heterocycles. The number of fused-ring (bicyclic) bond motifs is 3. The largest absolute Gasteiger partial charge is 0.435 e. The lowest BCUT2D eigenvalue weighted by atomic mass is 9.88. The molecule has 0 bridgehead atoms. The highest BCUT2D eigenvalue weighted by Crippen LogP contribution is 2.27. The van der Waals surface area contributed by atoms with Gasteiger partial charge >= 0.3 is 6.09 Å². The van der Waals surface area contributed by atoms with E-state index in [1.54, 1.807) is 25.7 Å². The smallest absolute Gasteiger partial charge is 0.434 e. The van der Waals surface area contributed by atoms with Gasteiger partial charge in [-0.3, -0.25) is 9.63 Å². The Hall–Kier alpha value is -3.22. The number of aromatic nitrogens is 1. The van der Waals surface area contributed by atoms with Crippen LogP contribution >= 0.6 is 0 Å². The Balaban J connectivity index is 1.73. The topological polar surface area (TPSA) is 85.0 Å². The molecule has 1 aliphatic rings. The number of carbonyl (C=O) groups excluding carboxylic acids is 2. The van der Waals surface area contributed by atoms with Gasteiger partial charge in [-0.25, -0.2) is 9.78 Å². The molecule has 0 aliphatic carbocycles. The number of piperidine rings is 1. The first-order valence-corrected chi connectivity index (χ1v) is 10.2. The fourth-order valence-corrected chi connectivity index (χ4v) is 3.51. The lowest BCUT2D eigenvalue weighted by Gasteiger charge is -2.24. The Labute approximate surface area is 174 Å². The fraction of sp³-hybridized carbons (Fsp3) is 0.391. The van der Waals surface area contributed by atoms with Gasteiger partial charge in [0.05, 0.1) is 0 Å². The van der Waals surface area contributed by atoms with Gasteiger partial charge in [0.1, 0.15) is 5.52 Å². The summed E-state index contributed by atoms with van der Waals surface area (Å²) < 4.78 is 5.97. The third-order valence-electron chi connectivity index (χ3n) is 5.21. The Bertz CT molecular complexity index is 1130. The molecule has 156 valence electrons. The van der Waals surface area contributed by atoms with Crippen LogP contribution in [0.5, 0.6) is 0 Å². The van der Waals surface area contributed by atoms with E-state index in [1.165, 1.54) is 0 Å². The van der Waals surface area contributed by atoms with Gasteiger partial charge in [0.2, 0.25) is 5.71 Å². The normalized spacial score (nSPS) is 15.6. The molecule has 0 spiro atoms. The summed E-state index contributed by atoms with van der Waals surface area (Å²) in [5, 5.41) is 5.83. The zero-order valence-corrected chi connectivity index (χ0v) is 17.5. The van der Waals surface area contributed by atoms with E-state index in [0.717, 1.165) is 30.0 Å². The molecule has 0 radical (unpaired) electrons. The third-order valence-corrected chi connectivity index (χ3v) is 5.21. The maximum atomic E-state index is 13.1. The van der Waals surface area contributed by atoms with Crippen molar-refractivity contribution in [1.82, 2.24) is 9.88 Å². The van der Waals surface area contributed by atoms with E-state index in [4.69, 9.17) is 9.25 Å². The van der Waals surface area contributed by atoms with Crippen molar-refractivity contribution in [2.24, 2.45) is 10.6 Å². The van der Waals surface area contributed by atoms with Crippen molar-refractivity contribution in [2.75, 3.05) is 13.1 Å². The minimum atomic E-state index is -0.751. The highest BCUT2D eigenvalue weighted by molar-refractivity contribution is 6.46. The van der Waals surface area contributed by atoms with Gasteiger partial charge in [-0.2, -0.15) is 0 Å². The van der Waals surface area contributed by atoms with Gasteiger partial charge in [0.15, 0.2) is 11.4 Å². The Morgan fingerprint density at radius 2 is 1.80 bits per heavy atom. The maximum Gasteiger partial charge on any atom is 0.435 e. The van der Waals surface area contributed by atoms with E-state index in [-0.39, 0.29) is 17.4 Å². The molecule has 1 saturated heterocycles. The van der Waals surface area contributed by atoms with Crippen molar-refractivity contribution in [3.63, 3.8) is 0 Å². The molecule has 0 saturated carbocycles. The quantitative estimate of drug-likeness (QED) is 0.349. The zero-order chi connectivity index (χ0) is 21.3. The van der Waals surface area contributed by atoms with Crippen molar-refractivity contribution in [1.29, 1.82) is 0 Å². The number of ketones is 1. The van der Waals surface area contributed by atoms with Crippen LogP contribution in [0, 0.1) is 5.41 Å². The Morgan fingerprint density at radius 3 is 2.53 bits per heavy atom. The second-order valence-electron chi connectivity index (χ2n) is 8.58. The van der Waals surface area contributed by atoms with Gasteiger partial charge in [-0.15, -0.1) is 0 Å². The molecule has 0 unspecified atom stereocenters. The number of rotatable bonds is 3. The first-order chi connectivity index (χ1) is 14.3. The summed E-state index contributed by atoms with van der Waals surface area (Å²) in [6, 6.07) is 11.6. The minimum Gasteiger partial charge on any atom is -0.434 e. The average Bonchev–Trinajstić information content (AvgIpc) is 3.18. The lowest BCUT2D eigenvalue weighted by molar-refractivity contribution is -0.119. The predicted octanol–water partition coefficient (Wildman–Crippen LogP) is 4.92. The van der Waals surface area contributed by atoms with E-state index >= 15 is 0 Å². The van der Waals surface area contributed by atoms with Crippen molar-refractivity contribution in [2.45, 2.75) is 40.0 Å². The average molecular weight is 407 g/mol. The molecular weight excluding hydrogens is 382 g/mol. The minimum absolute atomic E-state index is 0.0488. The number of oxime groups is 1. The molecule has 2 aromatic carbocycles. The summed E-state index contributed by atoms with van der Waals surface area (Å²) in [4.78, 5) is 36.7. The summed E-state index contributed by atoms with van der Waals surface area (Å²) in [7, 11) is 0. The van der Waals surface area contributed by atoms with Crippen molar-refractivity contribution >= 4 is 39.5 Å². The molecule has 7 heteroatoms. The van der Waals surface area contributed by atoms with E-state index in [1.807, 2.05) is 36.4 Å². The number of likely N-dealkylation sites (tertiary alicyclic amines) is 1. The van der Waals surface area contributed by atoms with Crippen molar-refractivity contribution in [3.8, 4) is 0 Å². The molecule has 2 heterocycles. The Kier molecular flexibility index (Phi) is 5.28. The summed E-state index contributed by atoms with van der Waals surface area (Å²) in [5.41, 5.74) is 0.340. The molecular formula is C23H25N3O4. The van der Waals surface area contributed by atoms with Crippen LogP contribution in [0.25, 0.3) is 21.9 Å². The van der Waals surface area contributed by atoms with Gasteiger partial charge in [-0.1, -0.05) is 56.3 Å². The number of benzene rings is 2. The lowest BCUT2D eigenvalue weighted by Crippen LogP contribution is -2.36. The highest BCUT2D eigenvalue weighted by atomic mass is 16.7. The monoisotopic (exact) mass is 407 g/mol. The van der Waals surface area contributed by atoms with Crippen molar-refractivity contribution in [3.05, 3.63) is 42.3 Å². The van der Waals surface area contributed by atoms with Crippen molar-refractivity contribution < 1.29 is 18.8 Å². The van der Waals surface area contributed by atoms with Crippen LogP contribution in [0.3, 0.4) is 0 Å². The van der Waals surface area contributed by atoms with Gasteiger partial charge in [0.25, 0.3) is 5.89 Å². The summed E-state index contributed by atoms with van der Waals surface area (Å²) in [5.74, 6) is -0.266. The molecule has 0 atom stereocenters. The molecule has 1 fully saturated rings. The van der Waals surface area contributed by atoms with Crippen LogP contribution in [0.15, 0.2) is 46.0 Å². The predicted molar refractivity (Wildman–Crippen MR) is 114 cm³/mol. The number of nitrogens with zero attached hydrogens (tertiary/aromatic N) is 3. The molecule has 0 N–H and O–H groups in total. The van der Waals surface area contributed by atoms with Crippen LogP contribution in [-0.2, 0) is 9.63 Å². The van der Waals surface area contributed by atoms with E-state index < -0.39 is 11.5 Å². The third kappa shape index (κ3) is 3.92. The molecule has 30 heavy (non-hydrogen) atoms. The standard InChI is InChI=1S/C23H25N3O4/c1-23(2,3)20(27)18(25-30-22(28)26-13-7-4-8-14-26)21-24-17-12-11-15-9-5-6-10-16(15)19(17)29-21/h5-6,9-12H,4,7-8,13-14H2,1-3H3. The number of amides is 1. The second kappa shape index (κ2) is 7.89. The van der Waals surface area contributed by atoms with Gasteiger partial charge in [-0.05, 0) is 30.7 Å². The molecule has 1 aromatic heterocycles. The summed E-state index contributed by atoms with van der Waals surface area (Å²) in [6.07, 6.45) is 2.41. The molecule has 1 amide bonds. The van der Waals surface area contributed by atoms with Gasteiger partial charge < -0.3 is 9.32 Å². The van der Waals surface area contributed by atoms with E-state index in [0.29, 0.717) is 24.2 Å². The molecule has 3 aromatic rings. The second-order valence-corrected chi connectivity index (χ2v) is 8.58. The van der Waals surface area contributed by atoms with E-state index in [9.17, 15) is 9.59 Å². The number of hydrogen-bond donors (Lipinski definition) is 0. The summed E-state index contributed by atoms with van der Waals surface area (Å²) >= 11 is 0. The molecule has 4 rings (SSSR count). The maximum absolute atomic E-state index is 13.1. The van der Waals surface area contributed by atoms with Gasteiger partial charge in [0, 0.05) is 23.9 Å².